The van der Waals surface area contributed by atoms with Gasteiger partial charge in [0.15, 0.2) is 5.96 Å². The van der Waals surface area contributed by atoms with E-state index in [1.165, 1.54) is 12.8 Å². The molecule has 6 heteroatoms. The summed E-state index contributed by atoms with van der Waals surface area (Å²) < 4.78 is 4.90. The van der Waals surface area contributed by atoms with Gasteiger partial charge in [0.25, 0.3) is 0 Å². The molecule has 0 bridgehead atoms. The standard InChI is InChI=1S/C17H31N5O/c1-4-18-17(19-8-5-6-15(2)3)22-11-9-21(10-12-22)14-16-7-13-23-20-16/h7,13,15H,4-6,8-12,14H2,1-3H3,(H,18,19). The molecule has 1 aliphatic rings. The van der Waals surface area contributed by atoms with Gasteiger partial charge in [-0.25, -0.2) is 0 Å². The van der Waals surface area contributed by atoms with Crippen LogP contribution in [0.15, 0.2) is 21.8 Å². The van der Waals surface area contributed by atoms with Crippen LogP contribution in [0, 0.1) is 5.92 Å². The molecule has 0 radical (unpaired) electrons. The highest BCUT2D eigenvalue weighted by Gasteiger charge is 2.20. The van der Waals surface area contributed by atoms with Crippen LogP contribution in [0.1, 0.15) is 39.3 Å². The summed E-state index contributed by atoms with van der Waals surface area (Å²) in [4.78, 5) is 9.58. The van der Waals surface area contributed by atoms with Crippen molar-refractivity contribution in [2.75, 3.05) is 39.3 Å². The number of guanidine groups is 1. The van der Waals surface area contributed by atoms with Crippen molar-refractivity contribution in [2.24, 2.45) is 10.9 Å². The van der Waals surface area contributed by atoms with Gasteiger partial charge in [0.05, 0.1) is 5.69 Å². The van der Waals surface area contributed by atoms with E-state index in [0.29, 0.717) is 0 Å². The van der Waals surface area contributed by atoms with Crippen molar-refractivity contribution < 1.29 is 4.52 Å². The minimum atomic E-state index is 0.757. The van der Waals surface area contributed by atoms with Crippen molar-refractivity contribution in [3.63, 3.8) is 0 Å². The number of nitrogens with one attached hydrogen (secondary N) is 1. The smallest absolute Gasteiger partial charge is 0.194 e. The first-order chi connectivity index (χ1) is 11.2. The van der Waals surface area contributed by atoms with Crippen molar-refractivity contribution >= 4 is 5.96 Å². The average molecular weight is 321 g/mol. The lowest BCUT2D eigenvalue weighted by Gasteiger charge is -2.36. The molecule has 0 unspecified atom stereocenters. The fourth-order valence-corrected chi connectivity index (χ4v) is 2.78. The topological polar surface area (TPSA) is 56.9 Å². The molecule has 1 saturated heterocycles. The molecule has 0 amide bonds. The lowest BCUT2D eigenvalue weighted by Crippen LogP contribution is -2.52. The largest absolute Gasteiger partial charge is 0.364 e. The number of piperazine rings is 1. The van der Waals surface area contributed by atoms with Gasteiger partial charge in [-0.1, -0.05) is 19.0 Å². The van der Waals surface area contributed by atoms with Crippen molar-refractivity contribution in [2.45, 2.75) is 40.2 Å². The van der Waals surface area contributed by atoms with Crippen molar-refractivity contribution in [3.8, 4) is 0 Å². The molecule has 130 valence electrons. The Labute approximate surface area is 139 Å². The monoisotopic (exact) mass is 321 g/mol. The molecule has 1 aromatic heterocycles. The molecule has 1 fully saturated rings. The van der Waals surface area contributed by atoms with Crippen LogP contribution < -0.4 is 5.32 Å². The molecule has 0 spiro atoms. The number of hydrogen-bond acceptors (Lipinski definition) is 4. The first kappa shape index (κ1) is 17.8. The maximum Gasteiger partial charge on any atom is 0.194 e. The van der Waals surface area contributed by atoms with Gasteiger partial charge in [0.2, 0.25) is 0 Å². The van der Waals surface area contributed by atoms with Crippen LogP contribution in [0.4, 0.5) is 0 Å². The van der Waals surface area contributed by atoms with E-state index in [0.717, 1.165) is 63.4 Å². The molecule has 2 heterocycles. The highest BCUT2D eigenvalue weighted by Crippen LogP contribution is 2.08. The van der Waals surface area contributed by atoms with Crippen molar-refractivity contribution in [1.29, 1.82) is 0 Å². The molecule has 0 atom stereocenters. The second-order valence-electron chi connectivity index (χ2n) is 6.53. The Kier molecular flexibility index (Phi) is 7.39. The highest BCUT2D eigenvalue weighted by atomic mass is 16.5. The summed E-state index contributed by atoms with van der Waals surface area (Å²) in [5, 5.41) is 7.42. The first-order valence-corrected chi connectivity index (χ1v) is 8.84. The summed E-state index contributed by atoms with van der Waals surface area (Å²) in [6.45, 7) is 13.4. The van der Waals surface area contributed by atoms with E-state index in [1.807, 2.05) is 6.07 Å². The molecule has 0 saturated carbocycles. The molecular formula is C17H31N5O. The Hall–Kier alpha value is -1.56. The summed E-state index contributed by atoms with van der Waals surface area (Å²) in [5.74, 6) is 1.82. The van der Waals surface area contributed by atoms with Crippen LogP contribution in [0.2, 0.25) is 0 Å². The fraction of sp³-hybridized carbons (Fsp3) is 0.765. The van der Waals surface area contributed by atoms with Gasteiger partial charge in [-0.15, -0.1) is 0 Å². The minimum Gasteiger partial charge on any atom is -0.364 e. The van der Waals surface area contributed by atoms with Gasteiger partial charge in [-0.3, -0.25) is 9.89 Å². The van der Waals surface area contributed by atoms with Crippen LogP contribution in [-0.4, -0.2) is 60.2 Å². The number of aliphatic imine (C=N–C) groups is 1. The van der Waals surface area contributed by atoms with E-state index in [2.05, 4.69) is 41.0 Å². The molecule has 23 heavy (non-hydrogen) atoms. The quantitative estimate of drug-likeness (QED) is 0.474. The van der Waals surface area contributed by atoms with Gasteiger partial charge in [0, 0.05) is 51.9 Å². The lowest BCUT2D eigenvalue weighted by molar-refractivity contribution is 0.169. The van der Waals surface area contributed by atoms with Crippen LogP contribution in [-0.2, 0) is 6.54 Å². The molecule has 1 aromatic rings. The summed E-state index contributed by atoms with van der Waals surface area (Å²) in [7, 11) is 0. The Morgan fingerprint density at radius 1 is 1.35 bits per heavy atom. The zero-order chi connectivity index (χ0) is 16.5. The van der Waals surface area contributed by atoms with Crippen molar-refractivity contribution in [3.05, 3.63) is 18.0 Å². The van der Waals surface area contributed by atoms with Crippen LogP contribution in [0.5, 0.6) is 0 Å². The molecule has 1 N–H and O–H groups in total. The first-order valence-electron chi connectivity index (χ1n) is 8.84. The molecule has 0 aliphatic carbocycles. The van der Waals surface area contributed by atoms with E-state index < -0.39 is 0 Å². The number of rotatable bonds is 7. The minimum absolute atomic E-state index is 0.757. The lowest BCUT2D eigenvalue weighted by atomic mass is 10.1. The number of hydrogen-bond donors (Lipinski definition) is 1. The van der Waals surface area contributed by atoms with E-state index in [-0.39, 0.29) is 0 Å². The average Bonchev–Trinajstić information content (AvgIpc) is 3.04. The summed E-state index contributed by atoms with van der Waals surface area (Å²) in [6.07, 6.45) is 4.05. The summed E-state index contributed by atoms with van der Waals surface area (Å²) >= 11 is 0. The Balaban J connectivity index is 1.78. The van der Waals surface area contributed by atoms with Crippen LogP contribution in [0.25, 0.3) is 0 Å². The summed E-state index contributed by atoms with van der Waals surface area (Å²) in [5.41, 5.74) is 1.01. The Morgan fingerprint density at radius 2 is 2.13 bits per heavy atom. The van der Waals surface area contributed by atoms with Gasteiger partial charge in [-0.05, 0) is 25.7 Å². The highest BCUT2D eigenvalue weighted by molar-refractivity contribution is 5.80. The van der Waals surface area contributed by atoms with Crippen molar-refractivity contribution in [1.82, 2.24) is 20.3 Å². The normalized spacial score (nSPS) is 17.0. The molecular weight excluding hydrogens is 290 g/mol. The van der Waals surface area contributed by atoms with Gasteiger partial charge in [-0.2, -0.15) is 0 Å². The second-order valence-corrected chi connectivity index (χ2v) is 6.53. The zero-order valence-electron chi connectivity index (χ0n) is 14.8. The van der Waals surface area contributed by atoms with Crippen LogP contribution in [0.3, 0.4) is 0 Å². The van der Waals surface area contributed by atoms with Gasteiger partial charge < -0.3 is 14.7 Å². The van der Waals surface area contributed by atoms with Gasteiger partial charge >= 0.3 is 0 Å². The maximum atomic E-state index is 4.90. The Morgan fingerprint density at radius 3 is 2.74 bits per heavy atom. The van der Waals surface area contributed by atoms with E-state index >= 15 is 0 Å². The maximum absolute atomic E-state index is 4.90. The second kappa shape index (κ2) is 9.55. The molecule has 0 aromatic carbocycles. The fourth-order valence-electron chi connectivity index (χ4n) is 2.78. The molecule has 2 rings (SSSR count). The number of nitrogens with zero attached hydrogens (tertiary/aromatic N) is 4. The summed E-state index contributed by atoms with van der Waals surface area (Å²) in [6, 6.07) is 1.94. The number of aromatic nitrogens is 1. The third-order valence-corrected chi connectivity index (χ3v) is 4.08. The predicted octanol–water partition coefficient (Wildman–Crippen LogP) is 2.19. The van der Waals surface area contributed by atoms with E-state index in [9.17, 15) is 0 Å². The predicted molar refractivity (Wildman–Crippen MR) is 93.4 cm³/mol. The van der Waals surface area contributed by atoms with E-state index in [4.69, 9.17) is 9.52 Å². The van der Waals surface area contributed by atoms with Gasteiger partial charge in [0.1, 0.15) is 6.26 Å². The molecule has 6 nitrogen and oxygen atoms in total. The van der Waals surface area contributed by atoms with Crippen LogP contribution >= 0.6 is 0 Å². The SMILES string of the molecule is CCNC(=NCCCC(C)C)N1CCN(Cc2ccon2)CC1. The third-order valence-electron chi connectivity index (χ3n) is 4.08. The van der Waals surface area contributed by atoms with E-state index in [1.54, 1.807) is 6.26 Å². The third kappa shape index (κ3) is 6.22. The molecule has 1 aliphatic heterocycles. The Bertz CT molecular complexity index is 450. The zero-order valence-corrected chi connectivity index (χ0v) is 14.8.